The summed E-state index contributed by atoms with van der Waals surface area (Å²) in [5.41, 5.74) is 3.31. The molecule has 5 heteroatoms. The van der Waals surface area contributed by atoms with E-state index in [0.717, 1.165) is 32.8 Å². The molecule has 0 unspecified atom stereocenters. The number of methoxy groups -OCH3 is 1. The molecule has 0 aliphatic rings. The molecule has 0 spiro atoms. The van der Waals surface area contributed by atoms with Crippen LogP contribution >= 0.6 is 11.3 Å². The Morgan fingerprint density at radius 3 is 2.58 bits per heavy atom. The molecule has 2 heterocycles. The Morgan fingerprint density at radius 2 is 1.88 bits per heavy atom. The fraction of sp³-hybridized carbons (Fsp3) is 0.0952. The molecule has 0 radical (unpaired) electrons. The Bertz CT molecular complexity index is 1080. The van der Waals surface area contributed by atoms with E-state index in [1.54, 1.807) is 13.2 Å². The van der Waals surface area contributed by atoms with E-state index in [4.69, 9.17) is 4.74 Å². The molecule has 0 fully saturated rings. The average molecular weight is 363 g/mol. The number of carboxylic acids is 1. The SMILES string of the molecule is COc1ccc2c(c1)cc(-c1ccccc1)n2Cc1ccc(C(=O)O)s1. The van der Waals surface area contributed by atoms with E-state index in [2.05, 4.69) is 22.8 Å². The van der Waals surface area contributed by atoms with Crippen LogP contribution in [0.15, 0.2) is 66.7 Å². The monoisotopic (exact) mass is 363 g/mol. The van der Waals surface area contributed by atoms with Gasteiger partial charge in [-0.3, -0.25) is 0 Å². The smallest absolute Gasteiger partial charge is 0.345 e. The van der Waals surface area contributed by atoms with Crippen molar-refractivity contribution in [1.29, 1.82) is 0 Å². The zero-order valence-corrected chi connectivity index (χ0v) is 15.0. The summed E-state index contributed by atoms with van der Waals surface area (Å²) >= 11 is 1.31. The van der Waals surface area contributed by atoms with Gasteiger partial charge < -0.3 is 14.4 Å². The predicted octanol–water partition coefficient (Wildman–Crippen LogP) is 5.12. The highest BCUT2D eigenvalue weighted by atomic mass is 32.1. The molecule has 2 aromatic carbocycles. The number of thiophene rings is 1. The molecule has 4 nitrogen and oxygen atoms in total. The number of carbonyl (C=O) groups is 1. The highest BCUT2D eigenvalue weighted by molar-refractivity contribution is 7.13. The van der Waals surface area contributed by atoms with Crippen LogP contribution in [0.4, 0.5) is 0 Å². The summed E-state index contributed by atoms with van der Waals surface area (Å²) in [6.45, 7) is 0.623. The Morgan fingerprint density at radius 1 is 1.08 bits per heavy atom. The predicted molar refractivity (Wildman–Crippen MR) is 104 cm³/mol. The van der Waals surface area contributed by atoms with E-state index in [-0.39, 0.29) is 0 Å². The van der Waals surface area contributed by atoms with Gasteiger partial charge in [-0.25, -0.2) is 4.79 Å². The second kappa shape index (κ2) is 6.69. The minimum atomic E-state index is -0.883. The first kappa shape index (κ1) is 16.4. The van der Waals surface area contributed by atoms with E-state index >= 15 is 0 Å². The van der Waals surface area contributed by atoms with Gasteiger partial charge in [0.2, 0.25) is 0 Å². The summed E-state index contributed by atoms with van der Waals surface area (Å²) in [7, 11) is 1.66. The quantitative estimate of drug-likeness (QED) is 0.535. The molecular formula is C21H17NO3S. The molecular weight excluding hydrogens is 346 g/mol. The van der Waals surface area contributed by atoms with Crippen LogP contribution < -0.4 is 4.74 Å². The maximum absolute atomic E-state index is 11.2. The number of hydrogen-bond acceptors (Lipinski definition) is 3. The number of carboxylic acid groups (broad SMARTS) is 1. The van der Waals surface area contributed by atoms with Crippen LogP contribution in [0.5, 0.6) is 5.75 Å². The fourth-order valence-electron chi connectivity index (χ4n) is 3.13. The molecule has 0 saturated heterocycles. The Balaban J connectivity index is 1.85. The first-order chi connectivity index (χ1) is 12.7. The first-order valence-electron chi connectivity index (χ1n) is 8.20. The van der Waals surface area contributed by atoms with Crippen molar-refractivity contribution in [2.24, 2.45) is 0 Å². The Kier molecular flexibility index (Phi) is 4.22. The molecule has 0 amide bonds. The number of ether oxygens (including phenoxy) is 1. The number of rotatable bonds is 5. The Hall–Kier alpha value is -3.05. The molecule has 0 aliphatic heterocycles. The van der Waals surface area contributed by atoms with Crippen LogP contribution in [-0.4, -0.2) is 22.8 Å². The van der Waals surface area contributed by atoms with Crippen molar-refractivity contribution in [2.75, 3.05) is 7.11 Å². The number of aromatic carboxylic acids is 1. The van der Waals surface area contributed by atoms with Crippen molar-refractivity contribution < 1.29 is 14.6 Å². The summed E-state index contributed by atoms with van der Waals surface area (Å²) < 4.78 is 7.58. The van der Waals surface area contributed by atoms with Crippen molar-refractivity contribution in [3.63, 3.8) is 0 Å². The molecule has 26 heavy (non-hydrogen) atoms. The first-order valence-corrected chi connectivity index (χ1v) is 9.02. The van der Waals surface area contributed by atoms with Crippen LogP contribution in [0.2, 0.25) is 0 Å². The molecule has 1 N–H and O–H groups in total. The van der Waals surface area contributed by atoms with Crippen LogP contribution in [-0.2, 0) is 6.54 Å². The van der Waals surface area contributed by atoms with Crippen LogP contribution in [0.1, 0.15) is 14.5 Å². The standard InChI is InChI=1S/C21H17NO3S/c1-25-16-7-9-18-15(11-16)12-19(14-5-3-2-4-6-14)22(18)13-17-8-10-20(26-17)21(23)24/h2-12H,13H2,1H3,(H,23,24). The molecule has 4 aromatic rings. The van der Waals surface area contributed by atoms with E-state index in [9.17, 15) is 9.90 Å². The number of aromatic nitrogens is 1. The van der Waals surface area contributed by atoms with Crippen molar-refractivity contribution in [3.8, 4) is 17.0 Å². The summed E-state index contributed by atoms with van der Waals surface area (Å²) in [5, 5.41) is 10.3. The fourth-order valence-corrected chi connectivity index (χ4v) is 3.96. The maximum Gasteiger partial charge on any atom is 0.345 e. The van der Waals surface area contributed by atoms with Gasteiger partial charge in [-0.2, -0.15) is 0 Å². The molecule has 0 atom stereocenters. The van der Waals surface area contributed by atoms with Gasteiger partial charge in [-0.1, -0.05) is 30.3 Å². The van der Waals surface area contributed by atoms with Gasteiger partial charge >= 0.3 is 5.97 Å². The van der Waals surface area contributed by atoms with E-state index < -0.39 is 5.97 Å². The maximum atomic E-state index is 11.2. The van der Waals surface area contributed by atoms with E-state index in [1.165, 1.54) is 11.3 Å². The largest absolute Gasteiger partial charge is 0.497 e. The van der Waals surface area contributed by atoms with Gasteiger partial charge in [0.1, 0.15) is 10.6 Å². The van der Waals surface area contributed by atoms with Gasteiger partial charge in [-0.15, -0.1) is 11.3 Å². The summed E-state index contributed by atoms with van der Waals surface area (Å²) in [6.07, 6.45) is 0. The van der Waals surface area contributed by atoms with Crippen molar-refractivity contribution in [3.05, 3.63) is 76.5 Å². The third-order valence-electron chi connectivity index (χ3n) is 4.36. The Labute approximate surface area is 154 Å². The number of benzene rings is 2. The summed E-state index contributed by atoms with van der Waals surface area (Å²) in [5.74, 6) is -0.0646. The summed E-state index contributed by atoms with van der Waals surface area (Å²) in [4.78, 5) is 12.5. The van der Waals surface area contributed by atoms with Gasteiger partial charge in [0.05, 0.1) is 13.7 Å². The molecule has 130 valence electrons. The third-order valence-corrected chi connectivity index (χ3v) is 5.42. The molecule has 0 bridgehead atoms. The average Bonchev–Trinajstić information content (AvgIpc) is 3.27. The molecule has 0 saturated carbocycles. The third kappa shape index (κ3) is 2.97. The lowest BCUT2D eigenvalue weighted by Crippen LogP contribution is -2.00. The van der Waals surface area contributed by atoms with Crippen LogP contribution in [0.25, 0.3) is 22.2 Å². The number of nitrogens with zero attached hydrogens (tertiary/aromatic N) is 1. The number of fused-ring (bicyclic) bond motifs is 1. The molecule has 0 aliphatic carbocycles. The van der Waals surface area contributed by atoms with E-state index in [0.29, 0.717) is 11.4 Å². The van der Waals surface area contributed by atoms with Crippen LogP contribution in [0.3, 0.4) is 0 Å². The van der Waals surface area contributed by atoms with Crippen molar-refractivity contribution >= 4 is 28.2 Å². The second-order valence-electron chi connectivity index (χ2n) is 5.98. The number of hydrogen-bond donors (Lipinski definition) is 1. The lowest BCUT2D eigenvalue weighted by atomic mass is 10.1. The zero-order valence-electron chi connectivity index (χ0n) is 14.2. The minimum Gasteiger partial charge on any atom is -0.497 e. The van der Waals surface area contributed by atoms with Gasteiger partial charge in [0.25, 0.3) is 0 Å². The van der Waals surface area contributed by atoms with Gasteiger partial charge in [-0.05, 0) is 42.0 Å². The lowest BCUT2D eigenvalue weighted by Gasteiger charge is -2.10. The normalized spacial score (nSPS) is 11.0. The van der Waals surface area contributed by atoms with Crippen molar-refractivity contribution in [1.82, 2.24) is 4.57 Å². The summed E-state index contributed by atoms with van der Waals surface area (Å²) in [6, 6.07) is 21.9. The van der Waals surface area contributed by atoms with Crippen LogP contribution in [0, 0.1) is 0 Å². The van der Waals surface area contributed by atoms with Gasteiger partial charge in [0.15, 0.2) is 0 Å². The lowest BCUT2D eigenvalue weighted by molar-refractivity contribution is 0.0702. The van der Waals surface area contributed by atoms with E-state index in [1.807, 2.05) is 42.5 Å². The highest BCUT2D eigenvalue weighted by Gasteiger charge is 2.14. The second-order valence-corrected chi connectivity index (χ2v) is 7.15. The van der Waals surface area contributed by atoms with Gasteiger partial charge in [0, 0.05) is 21.5 Å². The molecule has 4 rings (SSSR count). The molecule has 2 aromatic heterocycles. The minimum absolute atomic E-state index is 0.361. The zero-order chi connectivity index (χ0) is 18.1. The van der Waals surface area contributed by atoms with Crippen molar-refractivity contribution in [2.45, 2.75) is 6.54 Å². The topological polar surface area (TPSA) is 51.5 Å². The highest BCUT2D eigenvalue weighted by Crippen LogP contribution is 2.32.